The number of rotatable bonds is 5. The average molecular weight is 381 g/mol. The Morgan fingerprint density at radius 1 is 1.18 bits per heavy atom. The van der Waals surface area contributed by atoms with Crippen LogP contribution in [0.1, 0.15) is 36.2 Å². The van der Waals surface area contributed by atoms with Gasteiger partial charge in [-0.1, -0.05) is 30.3 Å². The fourth-order valence-electron chi connectivity index (χ4n) is 4.05. The molecule has 4 rings (SSSR count). The van der Waals surface area contributed by atoms with Crippen molar-refractivity contribution in [3.05, 3.63) is 42.1 Å². The van der Waals surface area contributed by atoms with Gasteiger partial charge in [-0.05, 0) is 44.2 Å². The number of benzene rings is 1. The first-order chi connectivity index (χ1) is 13.7. The number of nitrogens with zero attached hydrogens (tertiary/aromatic N) is 2. The number of aromatic amines is 1. The zero-order valence-corrected chi connectivity index (χ0v) is 16.0. The molecule has 3 N–H and O–H groups in total. The third kappa shape index (κ3) is 4.25. The van der Waals surface area contributed by atoms with Crippen molar-refractivity contribution in [2.45, 2.75) is 31.7 Å². The molecule has 2 aliphatic heterocycles. The van der Waals surface area contributed by atoms with E-state index >= 15 is 0 Å². The van der Waals surface area contributed by atoms with E-state index in [1.54, 1.807) is 0 Å². The molecule has 0 radical (unpaired) electrons. The second-order valence-corrected chi connectivity index (χ2v) is 7.69. The number of hydrogen-bond donors (Lipinski definition) is 3. The second kappa shape index (κ2) is 8.56. The van der Waals surface area contributed by atoms with Crippen LogP contribution in [0.5, 0.6) is 0 Å². The Bertz CT molecular complexity index is 813. The molecule has 2 aromatic rings. The van der Waals surface area contributed by atoms with E-state index in [2.05, 4.69) is 20.8 Å². The lowest BCUT2D eigenvalue weighted by Crippen LogP contribution is -2.46. The number of H-pyrrole nitrogens is 1. The number of nitrogens with one attached hydrogen (secondary N) is 3. The summed E-state index contributed by atoms with van der Waals surface area (Å²) >= 11 is 0. The van der Waals surface area contributed by atoms with Gasteiger partial charge in [0.15, 0.2) is 0 Å². The predicted molar refractivity (Wildman–Crippen MR) is 107 cm³/mol. The van der Waals surface area contributed by atoms with Gasteiger partial charge >= 0.3 is 0 Å². The summed E-state index contributed by atoms with van der Waals surface area (Å²) < 4.78 is 0. The number of likely N-dealkylation sites (tertiary alicyclic amines) is 1. The van der Waals surface area contributed by atoms with Crippen molar-refractivity contribution in [2.24, 2.45) is 5.92 Å². The number of amides is 2. The molecule has 0 saturated carbocycles. The molecule has 2 atom stereocenters. The predicted octanol–water partition coefficient (Wildman–Crippen LogP) is 1.80. The van der Waals surface area contributed by atoms with Crippen molar-refractivity contribution >= 4 is 11.8 Å². The highest BCUT2D eigenvalue weighted by atomic mass is 16.2. The third-order valence-electron chi connectivity index (χ3n) is 5.63. The first kappa shape index (κ1) is 18.7. The summed E-state index contributed by atoms with van der Waals surface area (Å²) in [5.74, 6) is 0.352. The molecule has 2 amide bonds. The Kier molecular flexibility index (Phi) is 5.71. The molecule has 7 nitrogen and oxygen atoms in total. The van der Waals surface area contributed by atoms with E-state index in [9.17, 15) is 9.59 Å². The van der Waals surface area contributed by atoms with Crippen molar-refractivity contribution < 1.29 is 9.59 Å². The molecule has 1 aromatic carbocycles. The molecule has 2 saturated heterocycles. The van der Waals surface area contributed by atoms with E-state index < -0.39 is 0 Å². The SMILES string of the molecule is O=C(NCC1CCCN(C(=O)c2cc(-c3ccccc3)n[nH]2)C1)C1CCCN1. The highest BCUT2D eigenvalue weighted by Gasteiger charge is 2.27. The van der Waals surface area contributed by atoms with Crippen molar-refractivity contribution in [3.8, 4) is 11.3 Å². The maximum atomic E-state index is 12.9. The minimum absolute atomic E-state index is 0.0248. The molecule has 1 aromatic heterocycles. The first-order valence-electron chi connectivity index (χ1n) is 10.1. The molecule has 2 fully saturated rings. The Morgan fingerprint density at radius 2 is 2.04 bits per heavy atom. The molecule has 28 heavy (non-hydrogen) atoms. The fourth-order valence-corrected chi connectivity index (χ4v) is 4.05. The maximum absolute atomic E-state index is 12.9. The number of piperidine rings is 1. The normalized spacial score (nSPS) is 22.2. The van der Waals surface area contributed by atoms with Gasteiger partial charge in [0.2, 0.25) is 5.91 Å². The molecular formula is C21H27N5O2. The monoisotopic (exact) mass is 381 g/mol. The molecule has 7 heteroatoms. The fraction of sp³-hybridized carbons (Fsp3) is 0.476. The van der Waals surface area contributed by atoms with Gasteiger partial charge in [0.1, 0.15) is 5.69 Å². The van der Waals surface area contributed by atoms with E-state index in [4.69, 9.17) is 0 Å². The van der Waals surface area contributed by atoms with Crippen LogP contribution in [0.3, 0.4) is 0 Å². The number of hydrogen-bond acceptors (Lipinski definition) is 4. The van der Waals surface area contributed by atoms with Crippen LogP contribution < -0.4 is 10.6 Å². The summed E-state index contributed by atoms with van der Waals surface area (Å²) in [6, 6.07) is 11.6. The highest BCUT2D eigenvalue weighted by Crippen LogP contribution is 2.21. The first-order valence-corrected chi connectivity index (χ1v) is 10.1. The zero-order chi connectivity index (χ0) is 19.3. The second-order valence-electron chi connectivity index (χ2n) is 7.69. The Morgan fingerprint density at radius 3 is 2.82 bits per heavy atom. The largest absolute Gasteiger partial charge is 0.354 e. The number of aromatic nitrogens is 2. The Hall–Kier alpha value is -2.67. The van der Waals surface area contributed by atoms with Crippen LogP contribution in [0, 0.1) is 5.92 Å². The summed E-state index contributed by atoms with van der Waals surface area (Å²) in [4.78, 5) is 27.0. The summed E-state index contributed by atoms with van der Waals surface area (Å²) in [6.07, 6.45) is 3.94. The summed E-state index contributed by atoms with van der Waals surface area (Å²) in [5, 5.41) is 13.5. The van der Waals surface area contributed by atoms with E-state index in [-0.39, 0.29) is 17.9 Å². The molecule has 0 bridgehead atoms. The van der Waals surface area contributed by atoms with Crippen molar-refractivity contribution in [2.75, 3.05) is 26.2 Å². The molecular weight excluding hydrogens is 354 g/mol. The lowest BCUT2D eigenvalue weighted by atomic mass is 9.97. The van der Waals surface area contributed by atoms with Crippen LogP contribution in [0.15, 0.2) is 36.4 Å². The maximum Gasteiger partial charge on any atom is 0.271 e. The summed E-state index contributed by atoms with van der Waals surface area (Å²) in [5.41, 5.74) is 2.27. The van der Waals surface area contributed by atoms with Gasteiger partial charge in [-0.15, -0.1) is 0 Å². The molecule has 0 spiro atoms. The van der Waals surface area contributed by atoms with E-state index in [0.29, 0.717) is 24.7 Å². The van der Waals surface area contributed by atoms with Crippen LogP contribution in [0.2, 0.25) is 0 Å². The summed E-state index contributed by atoms with van der Waals surface area (Å²) in [6.45, 7) is 2.95. The third-order valence-corrected chi connectivity index (χ3v) is 5.63. The number of carbonyl (C=O) groups is 2. The minimum atomic E-state index is -0.0530. The van der Waals surface area contributed by atoms with Gasteiger partial charge in [0.25, 0.3) is 5.91 Å². The van der Waals surface area contributed by atoms with Crippen LogP contribution in [0.25, 0.3) is 11.3 Å². The van der Waals surface area contributed by atoms with Crippen LogP contribution >= 0.6 is 0 Å². The van der Waals surface area contributed by atoms with Crippen LogP contribution in [-0.2, 0) is 4.79 Å². The molecule has 2 aliphatic rings. The van der Waals surface area contributed by atoms with E-state index in [0.717, 1.165) is 50.0 Å². The minimum Gasteiger partial charge on any atom is -0.354 e. The Labute approximate surface area is 164 Å². The van der Waals surface area contributed by atoms with Gasteiger partial charge in [0, 0.05) is 25.2 Å². The van der Waals surface area contributed by atoms with Crippen LogP contribution in [0.4, 0.5) is 0 Å². The van der Waals surface area contributed by atoms with Crippen molar-refractivity contribution in [3.63, 3.8) is 0 Å². The van der Waals surface area contributed by atoms with Gasteiger partial charge in [-0.25, -0.2) is 0 Å². The number of carbonyl (C=O) groups excluding carboxylic acids is 2. The van der Waals surface area contributed by atoms with Gasteiger partial charge in [-0.3, -0.25) is 14.7 Å². The molecule has 0 aliphatic carbocycles. The standard InChI is InChI=1S/C21H27N5O2/c27-20(17-9-4-10-22-17)23-13-15-6-5-11-26(14-15)21(28)19-12-18(24-25-19)16-7-2-1-3-8-16/h1-3,7-8,12,15,17,22H,4-6,9-11,13-14H2,(H,23,27)(H,24,25). The van der Waals surface area contributed by atoms with E-state index in [1.165, 1.54) is 0 Å². The lowest BCUT2D eigenvalue weighted by Gasteiger charge is -2.32. The summed E-state index contributed by atoms with van der Waals surface area (Å²) in [7, 11) is 0. The van der Waals surface area contributed by atoms with Crippen molar-refractivity contribution in [1.29, 1.82) is 0 Å². The van der Waals surface area contributed by atoms with Crippen LogP contribution in [-0.4, -0.2) is 59.1 Å². The van der Waals surface area contributed by atoms with E-state index in [1.807, 2.05) is 41.3 Å². The van der Waals surface area contributed by atoms with Gasteiger partial charge in [-0.2, -0.15) is 5.10 Å². The topological polar surface area (TPSA) is 90.1 Å². The zero-order valence-electron chi connectivity index (χ0n) is 16.0. The Balaban J connectivity index is 1.33. The average Bonchev–Trinajstić information content (AvgIpc) is 3.45. The smallest absolute Gasteiger partial charge is 0.271 e. The molecule has 3 heterocycles. The molecule has 148 valence electrons. The molecule has 2 unspecified atom stereocenters. The quantitative estimate of drug-likeness (QED) is 0.737. The van der Waals surface area contributed by atoms with Crippen molar-refractivity contribution in [1.82, 2.24) is 25.7 Å². The van der Waals surface area contributed by atoms with Gasteiger partial charge in [0.05, 0.1) is 11.7 Å². The van der Waals surface area contributed by atoms with Gasteiger partial charge < -0.3 is 15.5 Å². The highest BCUT2D eigenvalue weighted by molar-refractivity contribution is 5.93. The lowest BCUT2D eigenvalue weighted by molar-refractivity contribution is -0.123.